The van der Waals surface area contributed by atoms with Gasteiger partial charge in [0, 0.05) is 11.1 Å². The summed E-state index contributed by atoms with van der Waals surface area (Å²) in [6.45, 7) is -0.619. The predicted molar refractivity (Wildman–Crippen MR) is 93.0 cm³/mol. The Bertz CT molecular complexity index is 855. The van der Waals surface area contributed by atoms with Gasteiger partial charge in [-0.1, -0.05) is 17.7 Å². The summed E-state index contributed by atoms with van der Waals surface area (Å²) in [5.74, 6) is -2.72. The molecular formula is C18H14ClF2NO4. The number of amides is 1. The van der Waals surface area contributed by atoms with E-state index in [2.05, 4.69) is 5.32 Å². The molecule has 0 saturated heterocycles. The minimum atomic E-state index is -0.817. The van der Waals surface area contributed by atoms with Gasteiger partial charge in [-0.2, -0.15) is 0 Å². The maximum atomic E-state index is 13.5. The Hall–Kier alpha value is -2.93. The van der Waals surface area contributed by atoms with Crippen LogP contribution in [0.15, 0.2) is 42.5 Å². The number of hydrogen-bond acceptors (Lipinski definition) is 4. The zero-order valence-electron chi connectivity index (χ0n) is 13.6. The number of methoxy groups -OCH3 is 1. The van der Waals surface area contributed by atoms with Gasteiger partial charge in [-0.25, -0.2) is 13.6 Å². The van der Waals surface area contributed by atoms with Crippen molar-refractivity contribution in [3.63, 3.8) is 0 Å². The maximum Gasteiger partial charge on any atom is 0.331 e. The molecule has 0 saturated carbocycles. The first-order valence-corrected chi connectivity index (χ1v) is 7.70. The maximum absolute atomic E-state index is 13.5. The second kappa shape index (κ2) is 8.96. The molecule has 2 rings (SSSR count). The largest absolute Gasteiger partial charge is 0.494 e. The monoisotopic (exact) mass is 381 g/mol. The van der Waals surface area contributed by atoms with Crippen molar-refractivity contribution in [2.75, 3.05) is 19.0 Å². The van der Waals surface area contributed by atoms with Crippen LogP contribution in [0.5, 0.6) is 5.75 Å². The fraction of sp³-hybridized carbons (Fsp3) is 0.111. The second-order valence-electron chi connectivity index (χ2n) is 5.01. The number of esters is 1. The minimum absolute atomic E-state index is 0.0784. The van der Waals surface area contributed by atoms with Gasteiger partial charge in [-0.15, -0.1) is 0 Å². The molecule has 0 radical (unpaired) electrons. The number of halogens is 3. The third-order valence-electron chi connectivity index (χ3n) is 3.14. The van der Waals surface area contributed by atoms with Crippen molar-refractivity contribution >= 4 is 35.2 Å². The summed E-state index contributed by atoms with van der Waals surface area (Å²) in [7, 11) is 1.34. The fourth-order valence-corrected chi connectivity index (χ4v) is 2.09. The van der Waals surface area contributed by atoms with Crippen molar-refractivity contribution in [3.8, 4) is 5.75 Å². The smallest absolute Gasteiger partial charge is 0.331 e. The summed E-state index contributed by atoms with van der Waals surface area (Å²) < 4.78 is 36.5. The number of nitrogens with one attached hydrogen (secondary N) is 1. The van der Waals surface area contributed by atoms with Crippen LogP contribution in [-0.2, 0) is 14.3 Å². The van der Waals surface area contributed by atoms with Crippen molar-refractivity contribution in [3.05, 3.63) is 64.7 Å². The lowest BCUT2D eigenvalue weighted by atomic mass is 10.2. The number of benzene rings is 2. The normalized spacial score (nSPS) is 10.6. The van der Waals surface area contributed by atoms with Gasteiger partial charge in [0.15, 0.2) is 18.2 Å². The number of anilines is 1. The number of ether oxygens (including phenoxy) is 2. The molecule has 1 N–H and O–H groups in total. The second-order valence-corrected chi connectivity index (χ2v) is 5.44. The van der Waals surface area contributed by atoms with Crippen molar-refractivity contribution in [1.82, 2.24) is 0 Å². The molecule has 2 aromatic rings. The van der Waals surface area contributed by atoms with Crippen molar-refractivity contribution in [2.24, 2.45) is 0 Å². The van der Waals surface area contributed by atoms with Gasteiger partial charge in [0.25, 0.3) is 5.91 Å². The Morgan fingerprint density at radius 2 is 1.92 bits per heavy atom. The summed E-state index contributed by atoms with van der Waals surface area (Å²) in [5, 5.41) is 2.48. The van der Waals surface area contributed by atoms with Crippen molar-refractivity contribution in [1.29, 1.82) is 0 Å². The lowest BCUT2D eigenvalue weighted by Gasteiger charge is -2.07. The van der Waals surface area contributed by atoms with Crippen molar-refractivity contribution in [2.45, 2.75) is 0 Å². The molecule has 0 spiro atoms. The summed E-state index contributed by atoms with van der Waals surface area (Å²) in [4.78, 5) is 23.3. The quantitative estimate of drug-likeness (QED) is 0.610. The number of hydrogen-bond donors (Lipinski definition) is 1. The molecule has 5 nitrogen and oxygen atoms in total. The summed E-state index contributed by atoms with van der Waals surface area (Å²) in [6.07, 6.45) is 2.36. The van der Waals surface area contributed by atoms with E-state index in [1.54, 1.807) is 6.07 Å². The summed E-state index contributed by atoms with van der Waals surface area (Å²) >= 11 is 5.71. The molecule has 0 aliphatic heterocycles. The third-order valence-corrected chi connectivity index (χ3v) is 3.37. The molecule has 2 aromatic carbocycles. The van der Waals surface area contributed by atoms with Crippen LogP contribution in [0.1, 0.15) is 5.56 Å². The Labute approximate surface area is 153 Å². The van der Waals surface area contributed by atoms with E-state index in [1.165, 1.54) is 37.5 Å². The van der Waals surface area contributed by atoms with E-state index >= 15 is 0 Å². The zero-order chi connectivity index (χ0) is 19.1. The average Bonchev–Trinajstić information content (AvgIpc) is 2.61. The van der Waals surface area contributed by atoms with E-state index in [0.29, 0.717) is 5.56 Å². The topological polar surface area (TPSA) is 64.6 Å². The van der Waals surface area contributed by atoms with Crippen LogP contribution in [0.3, 0.4) is 0 Å². The predicted octanol–water partition coefficient (Wildman–Crippen LogP) is 3.82. The highest BCUT2D eigenvalue weighted by Gasteiger charge is 2.10. The first-order valence-electron chi connectivity index (χ1n) is 7.32. The van der Waals surface area contributed by atoms with Crippen LogP contribution in [0.2, 0.25) is 5.02 Å². The first-order chi connectivity index (χ1) is 12.4. The fourth-order valence-electron chi connectivity index (χ4n) is 1.91. The lowest BCUT2D eigenvalue weighted by Crippen LogP contribution is -2.20. The Kier molecular flexibility index (Phi) is 6.68. The molecule has 136 valence electrons. The third kappa shape index (κ3) is 5.56. The van der Waals surface area contributed by atoms with E-state index in [4.69, 9.17) is 21.1 Å². The molecule has 0 atom stereocenters. The minimum Gasteiger partial charge on any atom is -0.494 e. The number of carbonyl (C=O) groups is 2. The van der Waals surface area contributed by atoms with Gasteiger partial charge >= 0.3 is 5.97 Å². The van der Waals surface area contributed by atoms with Crippen LogP contribution < -0.4 is 10.1 Å². The Morgan fingerprint density at radius 1 is 1.15 bits per heavy atom. The van der Waals surface area contributed by atoms with Crippen molar-refractivity contribution < 1.29 is 27.8 Å². The molecule has 0 bridgehead atoms. The molecule has 0 unspecified atom stereocenters. The van der Waals surface area contributed by atoms with E-state index < -0.39 is 30.1 Å². The molecule has 1 amide bonds. The highest BCUT2D eigenvalue weighted by atomic mass is 35.5. The van der Waals surface area contributed by atoms with E-state index in [0.717, 1.165) is 12.1 Å². The highest BCUT2D eigenvalue weighted by Crippen LogP contribution is 2.20. The molecule has 0 aliphatic rings. The Balaban J connectivity index is 1.87. The van der Waals surface area contributed by atoms with Crippen LogP contribution in [0.25, 0.3) is 6.08 Å². The molecule has 0 aromatic heterocycles. The zero-order valence-corrected chi connectivity index (χ0v) is 14.3. The molecule has 0 aliphatic carbocycles. The van der Waals surface area contributed by atoms with Gasteiger partial charge in [-0.05, 0) is 42.0 Å². The highest BCUT2D eigenvalue weighted by molar-refractivity contribution is 6.30. The van der Waals surface area contributed by atoms with Crippen LogP contribution >= 0.6 is 11.6 Å². The van der Waals surface area contributed by atoms with Gasteiger partial charge in [0.05, 0.1) is 12.8 Å². The summed E-state index contributed by atoms with van der Waals surface area (Å²) in [5.41, 5.74) is 0.286. The van der Waals surface area contributed by atoms with Gasteiger partial charge in [0.2, 0.25) is 0 Å². The summed E-state index contributed by atoms with van der Waals surface area (Å²) in [6, 6.07) is 7.79. The van der Waals surface area contributed by atoms with E-state index in [1.807, 2.05) is 0 Å². The Morgan fingerprint density at radius 3 is 2.62 bits per heavy atom. The van der Waals surface area contributed by atoms with Crippen LogP contribution in [0.4, 0.5) is 14.5 Å². The number of carbonyl (C=O) groups excluding carboxylic acids is 2. The standard InChI is InChI=1S/C18H14ClF2NO4/c1-25-16-6-2-11(8-14(16)21)3-7-18(24)26-10-17(23)22-15-9-12(19)4-5-13(15)20/h2-9H,10H2,1H3,(H,22,23)/b7-3+. The SMILES string of the molecule is COc1ccc(/C=C/C(=O)OCC(=O)Nc2cc(Cl)ccc2F)cc1F. The number of rotatable bonds is 6. The molecule has 8 heteroatoms. The van der Waals surface area contributed by atoms with Gasteiger partial charge < -0.3 is 14.8 Å². The molecule has 0 fully saturated rings. The molecule has 0 heterocycles. The van der Waals surface area contributed by atoms with E-state index in [9.17, 15) is 18.4 Å². The average molecular weight is 382 g/mol. The van der Waals surface area contributed by atoms with Crippen LogP contribution in [0, 0.1) is 11.6 Å². The molecular weight excluding hydrogens is 368 g/mol. The van der Waals surface area contributed by atoms with E-state index in [-0.39, 0.29) is 16.5 Å². The molecule has 26 heavy (non-hydrogen) atoms. The lowest BCUT2D eigenvalue weighted by molar-refractivity contribution is -0.142. The first kappa shape index (κ1) is 19.4. The van der Waals surface area contributed by atoms with Crippen LogP contribution in [-0.4, -0.2) is 25.6 Å². The van der Waals surface area contributed by atoms with Gasteiger partial charge in [-0.3, -0.25) is 4.79 Å². The van der Waals surface area contributed by atoms with Gasteiger partial charge in [0.1, 0.15) is 5.82 Å².